The van der Waals surface area contributed by atoms with E-state index in [9.17, 15) is 15.0 Å². The molecule has 0 saturated heterocycles. The van der Waals surface area contributed by atoms with Crippen molar-refractivity contribution >= 4 is 5.78 Å². The van der Waals surface area contributed by atoms with Gasteiger partial charge in [-0.05, 0) is 50.3 Å². The van der Waals surface area contributed by atoms with E-state index in [0.29, 0.717) is 12.0 Å². The van der Waals surface area contributed by atoms with Crippen molar-refractivity contribution in [3.63, 3.8) is 0 Å². The van der Waals surface area contributed by atoms with Crippen molar-refractivity contribution in [2.24, 2.45) is 5.92 Å². The monoisotopic (exact) mass is 272 g/mol. The number of Topliss-reactive ketones (excluding diaryl/α,β-unsaturated/α-hetero) is 1. The first-order chi connectivity index (χ1) is 9.34. The second kappa shape index (κ2) is 4.11. The van der Waals surface area contributed by atoms with E-state index >= 15 is 0 Å². The summed E-state index contributed by atoms with van der Waals surface area (Å²) in [6.07, 6.45) is 2.50. The molecule has 20 heavy (non-hydrogen) atoms. The molecule has 0 aliphatic heterocycles. The molecule has 2 atom stereocenters. The van der Waals surface area contributed by atoms with Crippen molar-refractivity contribution in [1.29, 1.82) is 0 Å². The lowest BCUT2D eigenvalue weighted by atomic mass is 9.56. The number of fused-ring (bicyclic) bond motifs is 3. The third-order valence-electron chi connectivity index (χ3n) is 5.40. The van der Waals surface area contributed by atoms with Gasteiger partial charge in [0.25, 0.3) is 0 Å². The van der Waals surface area contributed by atoms with E-state index in [4.69, 9.17) is 0 Å². The molecule has 0 radical (unpaired) electrons. The zero-order valence-corrected chi connectivity index (χ0v) is 12.2. The highest BCUT2D eigenvalue weighted by Crippen LogP contribution is 2.53. The molecule has 3 heteroatoms. The van der Waals surface area contributed by atoms with Gasteiger partial charge in [-0.3, -0.25) is 4.79 Å². The molecule has 1 aromatic carbocycles. The zero-order chi connectivity index (χ0) is 14.7. The minimum absolute atomic E-state index is 0.0619. The van der Waals surface area contributed by atoms with E-state index in [1.807, 2.05) is 0 Å². The average molecular weight is 272 g/mol. The first-order valence-corrected chi connectivity index (χ1v) is 7.10. The van der Waals surface area contributed by atoms with Crippen LogP contribution >= 0.6 is 0 Å². The molecule has 2 aliphatic carbocycles. The van der Waals surface area contributed by atoms with Gasteiger partial charge in [-0.2, -0.15) is 0 Å². The molecule has 2 N–H and O–H groups in total. The highest BCUT2D eigenvalue weighted by atomic mass is 16.3. The summed E-state index contributed by atoms with van der Waals surface area (Å²) in [5.41, 5.74) is 4.03. The Labute approximate surface area is 118 Å². The first kappa shape index (κ1) is 13.2. The number of rotatable bonds is 0. The number of ketones is 1. The van der Waals surface area contributed by atoms with Crippen LogP contribution in [-0.2, 0) is 5.41 Å². The number of allylic oxidation sites excluding steroid dienone is 2. The standard InChI is InChI=1S/C17H20O3/c1-9-4-5-17(3)12(10(9)2)7-14(18)11-6-15(19)16(20)8-13(11)17/h6,8,12,19-20H,4-5,7H2,1-3H3. The van der Waals surface area contributed by atoms with Gasteiger partial charge >= 0.3 is 0 Å². The van der Waals surface area contributed by atoms with Crippen LogP contribution in [0.2, 0.25) is 0 Å². The van der Waals surface area contributed by atoms with E-state index in [1.54, 1.807) is 6.07 Å². The van der Waals surface area contributed by atoms with Crippen LogP contribution in [0.15, 0.2) is 23.3 Å². The summed E-state index contributed by atoms with van der Waals surface area (Å²) in [7, 11) is 0. The molecule has 2 unspecified atom stereocenters. The Hall–Kier alpha value is -1.77. The smallest absolute Gasteiger partial charge is 0.163 e. The molecule has 0 aromatic heterocycles. The van der Waals surface area contributed by atoms with Gasteiger partial charge in [-0.15, -0.1) is 0 Å². The summed E-state index contributed by atoms with van der Waals surface area (Å²) in [5, 5.41) is 19.5. The minimum Gasteiger partial charge on any atom is -0.504 e. The lowest BCUT2D eigenvalue weighted by molar-refractivity contribution is 0.0911. The number of carbonyl (C=O) groups excluding carboxylic acids is 1. The van der Waals surface area contributed by atoms with Crippen molar-refractivity contribution in [1.82, 2.24) is 0 Å². The van der Waals surface area contributed by atoms with E-state index in [2.05, 4.69) is 20.8 Å². The third kappa shape index (κ3) is 1.62. The summed E-state index contributed by atoms with van der Waals surface area (Å²) in [4.78, 5) is 12.4. The van der Waals surface area contributed by atoms with Gasteiger partial charge < -0.3 is 10.2 Å². The van der Waals surface area contributed by atoms with Crippen molar-refractivity contribution in [3.05, 3.63) is 34.4 Å². The Morgan fingerprint density at radius 3 is 2.55 bits per heavy atom. The average Bonchev–Trinajstić information content (AvgIpc) is 2.40. The molecule has 0 amide bonds. The maximum absolute atomic E-state index is 12.4. The second-order valence-corrected chi connectivity index (χ2v) is 6.45. The van der Waals surface area contributed by atoms with E-state index < -0.39 is 0 Å². The molecular formula is C17H20O3. The van der Waals surface area contributed by atoms with Gasteiger partial charge in [0.15, 0.2) is 17.3 Å². The largest absolute Gasteiger partial charge is 0.504 e. The predicted molar refractivity (Wildman–Crippen MR) is 77.2 cm³/mol. The molecule has 106 valence electrons. The fourth-order valence-electron chi connectivity index (χ4n) is 3.87. The zero-order valence-electron chi connectivity index (χ0n) is 12.2. The quantitative estimate of drug-likeness (QED) is 0.559. The lowest BCUT2D eigenvalue weighted by Crippen LogP contribution is -2.42. The van der Waals surface area contributed by atoms with E-state index in [0.717, 1.165) is 18.4 Å². The Kier molecular flexibility index (Phi) is 2.72. The van der Waals surface area contributed by atoms with Crippen LogP contribution in [0.4, 0.5) is 0 Å². The molecule has 0 heterocycles. The fourth-order valence-corrected chi connectivity index (χ4v) is 3.87. The Morgan fingerprint density at radius 1 is 1.20 bits per heavy atom. The number of hydrogen-bond donors (Lipinski definition) is 2. The summed E-state index contributed by atoms with van der Waals surface area (Å²) in [6, 6.07) is 3.01. The minimum atomic E-state index is -0.210. The van der Waals surface area contributed by atoms with Crippen molar-refractivity contribution in [3.8, 4) is 11.5 Å². The van der Waals surface area contributed by atoms with Crippen LogP contribution in [0, 0.1) is 5.92 Å². The van der Waals surface area contributed by atoms with Gasteiger partial charge in [0.1, 0.15) is 0 Å². The topological polar surface area (TPSA) is 57.5 Å². The fraction of sp³-hybridized carbons (Fsp3) is 0.471. The van der Waals surface area contributed by atoms with Gasteiger partial charge in [0.05, 0.1) is 0 Å². The van der Waals surface area contributed by atoms with Crippen molar-refractivity contribution < 1.29 is 15.0 Å². The van der Waals surface area contributed by atoms with Crippen LogP contribution in [0.25, 0.3) is 0 Å². The molecule has 2 aliphatic rings. The normalized spacial score (nSPS) is 29.1. The number of phenolic OH excluding ortho intramolecular Hbond substituents is 2. The van der Waals surface area contributed by atoms with Gasteiger partial charge in [0, 0.05) is 17.4 Å². The predicted octanol–water partition coefficient (Wildman–Crippen LogP) is 3.69. The third-order valence-corrected chi connectivity index (χ3v) is 5.40. The maximum atomic E-state index is 12.4. The summed E-state index contributed by atoms with van der Waals surface area (Å²) in [6.45, 7) is 6.44. The van der Waals surface area contributed by atoms with Crippen molar-refractivity contribution in [2.45, 2.75) is 45.4 Å². The Bertz CT molecular complexity index is 642. The van der Waals surface area contributed by atoms with Crippen LogP contribution < -0.4 is 0 Å². The summed E-state index contributed by atoms with van der Waals surface area (Å²) in [5.74, 6) is -0.0761. The first-order valence-electron chi connectivity index (χ1n) is 7.10. The van der Waals surface area contributed by atoms with Gasteiger partial charge in [-0.1, -0.05) is 18.1 Å². The number of carbonyl (C=O) groups is 1. The maximum Gasteiger partial charge on any atom is 0.163 e. The molecule has 0 bridgehead atoms. The van der Waals surface area contributed by atoms with E-state index in [1.165, 1.54) is 17.2 Å². The molecule has 1 aromatic rings. The molecule has 3 rings (SSSR count). The summed E-state index contributed by atoms with van der Waals surface area (Å²) >= 11 is 0. The van der Waals surface area contributed by atoms with Crippen LogP contribution in [0.3, 0.4) is 0 Å². The lowest BCUT2D eigenvalue weighted by Gasteiger charge is -2.46. The van der Waals surface area contributed by atoms with Crippen LogP contribution in [0.1, 0.15) is 56.0 Å². The molecule has 3 nitrogen and oxygen atoms in total. The number of benzene rings is 1. The van der Waals surface area contributed by atoms with E-state index in [-0.39, 0.29) is 28.6 Å². The Balaban J connectivity index is 2.24. The van der Waals surface area contributed by atoms with Gasteiger partial charge in [-0.25, -0.2) is 0 Å². The molecular weight excluding hydrogens is 252 g/mol. The second-order valence-electron chi connectivity index (χ2n) is 6.45. The molecule has 0 saturated carbocycles. The van der Waals surface area contributed by atoms with Crippen LogP contribution in [-0.4, -0.2) is 16.0 Å². The molecule has 0 fully saturated rings. The molecule has 0 spiro atoms. The highest BCUT2D eigenvalue weighted by molar-refractivity contribution is 6.00. The SMILES string of the molecule is CC1=C(C)C2CC(=O)c3cc(O)c(O)cc3C2(C)CC1. The summed E-state index contributed by atoms with van der Waals surface area (Å²) < 4.78 is 0. The number of hydrogen-bond acceptors (Lipinski definition) is 3. The number of aromatic hydroxyl groups is 2. The number of phenols is 2. The van der Waals surface area contributed by atoms with Crippen LogP contribution in [0.5, 0.6) is 11.5 Å². The van der Waals surface area contributed by atoms with Crippen molar-refractivity contribution in [2.75, 3.05) is 0 Å². The highest BCUT2D eigenvalue weighted by Gasteiger charge is 2.46. The Morgan fingerprint density at radius 2 is 1.85 bits per heavy atom. The van der Waals surface area contributed by atoms with Gasteiger partial charge in [0.2, 0.25) is 0 Å².